The number of benzene rings is 1. The number of aryl methyl sites for hydroxylation is 1. The van der Waals surface area contributed by atoms with E-state index in [4.69, 9.17) is 11.6 Å². The summed E-state index contributed by atoms with van der Waals surface area (Å²) in [7, 11) is 0. The molecule has 1 aromatic rings. The Morgan fingerprint density at radius 3 is 2.62 bits per heavy atom. The van der Waals surface area contributed by atoms with Gasteiger partial charge in [-0.05, 0) is 42.4 Å². The van der Waals surface area contributed by atoms with E-state index in [-0.39, 0.29) is 0 Å². The summed E-state index contributed by atoms with van der Waals surface area (Å²) in [5.41, 5.74) is 1.39. The highest BCUT2D eigenvalue weighted by molar-refractivity contribution is 6.30. The Labute approximate surface area is 104 Å². The van der Waals surface area contributed by atoms with Crippen molar-refractivity contribution in [3.8, 4) is 0 Å². The summed E-state index contributed by atoms with van der Waals surface area (Å²) in [6, 6.07) is 8.30. The molecule has 0 unspecified atom stereocenters. The Bertz CT molecular complexity index is 324. The van der Waals surface area contributed by atoms with Crippen LogP contribution in [0.15, 0.2) is 24.3 Å². The zero-order valence-corrected chi connectivity index (χ0v) is 10.8. The molecule has 1 aromatic carbocycles. The number of hydrogen-bond acceptors (Lipinski definition) is 0. The predicted octanol–water partition coefficient (Wildman–Crippen LogP) is 5.10. The van der Waals surface area contributed by atoms with Crippen molar-refractivity contribution in [3.05, 3.63) is 34.9 Å². The third-order valence-corrected chi connectivity index (χ3v) is 4.10. The van der Waals surface area contributed by atoms with Crippen LogP contribution in [0.3, 0.4) is 0 Å². The van der Waals surface area contributed by atoms with Gasteiger partial charge in [0, 0.05) is 5.02 Å². The van der Waals surface area contributed by atoms with Gasteiger partial charge in [-0.15, -0.1) is 0 Å². The van der Waals surface area contributed by atoms with E-state index in [1.807, 2.05) is 6.07 Å². The van der Waals surface area contributed by atoms with Crippen molar-refractivity contribution >= 4 is 11.6 Å². The fourth-order valence-electron chi connectivity index (χ4n) is 2.68. The molecule has 0 aromatic heterocycles. The van der Waals surface area contributed by atoms with Gasteiger partial charge in [0.05, 0.1) is 0 Å². The molecule has 0 N–H and O–H groups in total. The average Bonchev–Trinajstić information content (AvgIpc) is 2.28. The van der Waals surface area contributed by atoms with E-state index in [0.717, 1.165) is 16.9 Å². The van der Waals surface area contributed by atoms with Crippen molar-refractivity contribution < 1.29 is 0 Å². The van der Waals surface area contributed by atoms with Crippen LogP contribution in [0.4, 0.5) is 0 Å². The number of rotatable bonds is 3. The standard InChI is InChI=1S/C15H21Cl/c1-12-5-7-13(8-6-12)9-10-14-3-2-4-15(16)11-14/h2-4,11-13H,5-10H2,1H3. The van der Waals surface area contributed by atoms with Gasteiger partial charge < -0.3 is 0 Å². The van der Waals surface area contributed by atoms with Crippen molar-refractivity contribution in [2.24, 2.45) is 11.8 Å². The molecule has 0 aliphatic heterocycles. The maximum absolute atomic E-state index is 5.99. The molecule has 0 amide bonds. The lowest BCUT2D eigenvalue weighted by Crippen LogP contribution is -2.12. The van der Waals surface area contributed by atoms with Gasteiger partial charge in [-0.1, -0.05) is 56.3 Å². The second-order valence-electron chi connectivity index (χ2n) is 5.29. The van der Waals surface area contributed by atoms with E-state index in [2.05, 4.69) is 25.1 Å². The van der Waals surface area contributed by atoms with Crippen LogP contribution >= 0.6 is 11.6 Å². The quantitative estimate of drug-likeness (QED) is 0.685. The molecule has 1 saturated carbocycles. The van der Waals surface area contributed by atoms with Crippen molar-refractivity contribution in [3.63, 3.8) is 0 Å². The van der Waals surface area contributed by atoms with Gasteiger partial charge in [-0.2, -0.15) is 0 Å². The van der Waals surface area contributed by atoms with Crippen molar-refractivity contribution in [1.82, 2.24) is 0 Å². The normalized spacial score (nSPS) is 25.6. The van der Waals surface area contributed by atoms with E-state index >= 15 is 0 Å². The lowest BCUT2D eigenvalue weighted by atomic mass is 9.80. The topological polar surface area (TPSA) is 0 Å². The molecule has 1 aliphatic rings. The van der Waals surface area contributed by atoms with Crippen LogP contribution in [0.5, 0.6) is 0 Å². The molecule has 1 heteroatoms. The third kappa shape index (κ3) is 3.52. The Morgan fingerprint density at radius 2 is 1.94 bits per heavy atom. The van der Waals surface area contributed by atoms with Crippen molar-refractivity contribution in [1.29, 1.82) is 0 Å². The van der Waals surface area contributed by atoms with E-state index < -0.39 is 0 Å². The summed E-state index contributed by atoms with van der Waals surface area (Å²) in [6.07, 6.45) is 8.26. The van der Waals surface area contributed by atoms with Gasteiger partial charge in [0.1, 0.15) is 0 Å². The van der Waals surface area contributed by atoms with Gasteiger partial charge in [0.15, 0.2) is 0 Å². The highest BCUT2D eigenvalue weighted by Crippen LogP contribution is 2.31. The molecule has 0 nitrogen and oxygen atoms in total. The molecule has 1 aliphatic carbocycles. The summed E-state index contributed by atoms with van der Waals surface area (Å²) in [5, 5.41) is 0.870. The molecular formula is C15H21Cl. The first-order valence-corrected chi connectivity index (χ1v) is 6.86. The Morgan fingerprint density at radius 1 is 1.19 bits per heavy atom. The van der Waals surface area contributed by atoms with Crippen LogP contribution in [0, 0.1) is 11.8 Å². The molecule has 0 spiro atoms. The maximum Gasteiger partial charge on any atom is 0.0408 e. The first-order valence-electron chi connectivity index (χ1n) is 6.48. The van der Waals surface area contributed by atoms with Crippen LogP contribution in [0.2, 0.25) is 5.02 Å². The van der Waals surface area contributed by atoms with E-state index in [9.17, 15) is 0 Å². The first kappa shape index (κ1) is 12.0. The summed E-state index contributed by atoms with van der Waals surface area (Å²) in [6.45, 7) is 2.38. The van der Waals surface area contributed by atoms with Crippen LogP contribution < -0.4 is 0 Å². The number of halogens is 1. The van der Waals surface area contributed by atoms with Crippen LogP contribution in [-0.2, 0) is 6.42 Å². The highest BCUT2D eigenvalue weighted by atomic mass is 35.5. The van der Waals surface area contributed by atoms with Gasteiger partial charge in [0.25, 0.3) is 0 Å². The largest absolute Gasteiger partial charge is 0.0843 e. The summed E-state index contributed by atoms with van der Waals surface area (Å²) in [5.74, 6) is 1.91. The molecule has 2 rings (SSSR count). The van der Waals surface area contributed by atoms with Gasteiger partial charge in [-0.3, -0.25) is 0 Å². The summed E-state index contributed by atoms with van der Waals surface area (Å²) < 4.78 is 0. The molecule has 1 fully saturated rings. The maximum atomic E-state index is 5.99. The van der Waals surface area contributed by atoms with Gasteiger partial charge >= 0.3 is 0 Å². The fraction of sp³-hybridized carbons (Fsp3) is 0.600. The van der Waals surface area contributed by atoms with Crippen LogP contribution in [0.25, 0.3) is 0 Å². The van der Waals surface area contributed by atoms with Gasteiger partial charge in [0.2, 0.25) is 0 Å². The molecule has 0 heterocycles. The minimum absolute atomic E-state index is 0.870. The summed E-state index contributed by atoms with van der Waals surface area (Å²) in [4.78, 5) is 0. The molecule has 0 saturated heterocycles. The zero-order valence-electron chi connectivity index (χ0n) is 10.1. The van der Waals surface area contributed by atoms with Gasteiger partial charge in [-0.25, -0.2) is 0 Å². The lowest BCUT2D eigenvalue weighted by Gasteiger charge is -2.26. The minimum atomic E-state index is 0.870. The fourth-order valence-corrected chi connectivity index (χ4v) is 2.89. The molecule has 16 heavy (non-hydrogen) atoms. The SMILES string of the molecule is CC1CCC(CCc2cccc(Cl)c2)CC1. The predicted molar refractivity (Wildman–Crippen MR) is 70.9 cm³/mol. The first-order chi connectivity index (χ1) is 7.74. The molecule has 0 bridgehead atoms. The zero-order chi connectivity index (χ0) is 11.4. The second-order valence-corrected chi connectivity index (χ2v) is 5.73. The number of hydrogen-bond donors (Lipinski definition) is 0. The summed E-state index contributed by atoms with van der Waals surface area (Å²) >= 11 is 5.99. The van der Waals surface area contributed by atoms with Crippen molar-refractivity contribution in [2.75, 3.05) is 0 Å². The Balaban J connectivity index is 1.79. The van der Waals surface area contributed by atoms with Crippen LogP contribution in [0.1, 0.15) is 44.6 Å². The second kappa shape index (κ2) is 5.72. The average molecular weight is 237 g/mol. The lowest BCUT2D eigenvalue weighted by molar-refractivity contribution is 0.278. The Hall–Kier alpha value is -0.490. The monoisotopic (exact) mass is 236 g/mol. The molecule has 88 valence electrons. The van der Waals surface area contributed by atoms with E-state index in [0.29, 0.717) is 0 Å². The molecular weight excluding hydrogens is 216 g/mol. The van der Waals surface area contributed by atoms with Crippen molar-refractivity contribution in [2.45, 2.75) is 45.4 Å². The molecule has 0 radical (unpaired) electrons. The molecule has 0 atom stereocenters. The highest BCUT2D eigenvalue weighted by Gasteiger charge is 2.17. The minimum Gasteiger partial charge on any atom is -0.0843 e. The van der Waals surface area contributed by atoms with E-state index in [1.165, 1.54) is 44.1 Å². The van der Waals surface area contributed by atoms with E-state index in [1.54, 1.807) is 0 Å². The smallest absolute Gasteiger partial charge is 0.0408 e. The Kier molecular flexibility index (Phi) is 4.29. The van der Waals surface area contributed by atoms with Crippen LogP contribution in [-0.4, -0.2) is 0 Å². The third-order valence-electron chi connectivity index (χ3n) is 3.87.